The van der Waals surface area contributed by atoms with Crippen LogP contribution in [-0.2, 0) is 76.4 Å². The van der Waals surface area contributed by atoms with Crippen molar-refractivity contribution < 1.29 is 156 Å². The van der Waals surface area contributed by atoms with Gasteiger partial charge in [-0.3, -0.25) is 18.9 Å². The van der Waals surface area contributed by atoms with Crippen molar-refractivity contribution in [2.75, 3.05) is 33.0 Å². The van der Waals surface area contributed by atoms with E-state index in [0.29, 0.717) is 0 Å². The molecular formula is C39H65N3O32S. The van der Waals surface area contributed by atoms with Gasteiger partial charge in [0.05, 0.1) is 45.2 Å². The van der Waals surface area contributed by atoms with Crippen molar-refractivity contribution in [2.45, 2.75) is 186 Å². The molecule has 0 saturated carbocycles. The van der Waals surface area contributed by atoms with Crippen molar-refractivity contribution in [3.05, 3.63) is 0 Å². The molecule has 5 saturated heterocycles. The molecule has 5 aliphatic heterocycles. The van der Waals surface area contributed by atoms with Crippen LogP contribution < -0.4 is 16.0 Å². The van der Waals surface area contributed by atoms with Crippen LogP contribution in [0.15, 0.2) is 0 Å². The number of ether oxygens (including phenoxy) is 9. The summed E-state index contributed by atoms with van der Waals surface area (Å²) in [6.07, 6.45) is -46.1. The summed E-state index contributed by atoms with van der Waals surface area (Å²) < 4.78 is 86.3. The highest BCUT2D eigenvalue weighted by molar-refractivity contribution is 7.80. The van der Waals surface area contributed by atoms with Gasteiger partial charge in [0.25, 0.3) is 5.79 Å². The Labute approximate surface area is 424 Å². The fraction of sp³-hybridized carbons (Fsp3) is 0.897. The van der Waals surface area contributed by atoms with Crippen LogP contribution in [0.25, 0.3) is 0 Å². The maximum absolute atomic E-state index is 12.8. The number of carbonyl (C=O) groups is 4. The molecule has 5 heterocycles. The Morgan fingerprint density at radius 1 is 0.600 bits per heavy atom. The number of aliphatic hydroxyl groups is 14. The van der Waals surface area contributed by atoms with Crippen molar-refractivity contribution in [3.8, 4) is 0 Å². The number of carboxylic acid groups (broad SMARTS) is 1. The van der Waals surface area contributed by atoms with Gasteiger partial charge in [-0.05, 0) is 0 Å². The Morgan fingerprint density at radius 2 is 1.11 bits per heavy atom. The molecule has 0 aromatic rings. The summed E-state index contributed by atoms with van der Waals surface area (Å²) >= 11 is 0. The zero-order valence-electron chi connectivity index (χ0n) is 39.8. The van der Waals surface area contributed by atoms with E-state index in [1.54, 1.807) is 0 Å². The first kappa shape index (κ1) is 62.7. The molecule has 0 spiro atoms. The maximum atomic E-state index is 12.8. The molecule has 0 unspecified atom stereocenters. The molecule has 0 aromatic carbocycles. The van der Waals surface area contributed by atoms with Gasteiger partial charge in [0.15, 0.2) is 25.2 Å². The number of aliphatic hydroxyl groups excluding tert-OH is 14. The van der Waals surface area contributed by atoms with E-state index in [1.165, 1.54) is 0 Å². The molecule has 36 heteroatoms. The zero-order chi connectivity index (χ0) is 56.2. The van der Waals surface area contributed by atoms with E-state index in [0.717, 1.165) is 20.8 Å². The van der Waals surface area contributed by atoms with Gasteiger partial charge in [0, 0.05) is 27.2 Å². The monoisotopic (exact) mass is 1120 g/mol. The molecule has 5 fully saturated rings. The smallest absolute Gasteiger partial charge is 0.397 e. The Kier molecular flexibility index (Phi) is 21.9. The van der Waals surface area contributed by atoms with Gasteiger partial charge in [-0.1, -0.05) is 0 Å². The van der Waals surface area contributed by atoms with E-state index in [4.69, 9.17) is 47.2 Å². The molecule has 0 aliphatic carbocycles. The molecule has 3 amide bonds. The molecule has 434 valence electrons. The first-order valence-electron chi connectivity index (χ1n) is 22.9. The molecular weight excluding hydrogens is 1050 g/mol. The van der Waals surface area contributed by atoms with Gasteiger partial charge >= 0.3 is 16.4 Å². The average Bonchev–Trinajstić information content (AvgIpc) is 3.33. The average molecular weight is 1120 g/mol. The van der Waals surface area contributed by atoms with Crippen LogP contribution in [0.4, 0.5) is 0 Å². The largest absolute Gasteiger partial charge is 0.477 e. The third-order valence-electron chi connectivity index (χ3n) is 12.7. The van der Waals surface area contributed by atoms with Crippen molar-refractivity contribution >= 4 is 34.1 Å². The van der Waals surface area contributed by atoms with Crippen LogP contribution in [0.1, 0.15) is 27.2 Å². The van der Waals surface area contributed by atoms with Crippen molar-refractivity contribution in [1.29, 1.82) is 0 Å². The van der Waals surface area contributed by atoms with Gasteiger partial charge in [0.1, 0.15) is 116 Å². The maximum Gasteiger partial charge on any atom is 0.397 e. The van der Waals surface area contributed by atoms with Crippen molar-refractivity contribution in [1.82, 2.24) is 16.0 Å². The standard InChI is InChI=1S/C39H65N3O32S/c1-10(46)40-19-13(49)4-39(38(60)61,74-32(19)22(51)14(50)5-43)65-8-17-25(54)31(21(34(59)67-17)42-12(3)48)72-37-29(58)33(24(53)15(6-44)68-37)73-35-20(41-11(2)47)26(55)30(16(7-45)69-35)71-36-28(57)27(56)23(52)18(70-36)9-66-75(62,63)64/h13-37,43-45,49-59H,4-9H2,1-3H3,(H,40,46)(H,41,47)(H,42,48)(H,60,61)(H,62,63,64)/t13-,14+,15+,16+,17+,18+,19+,20+,21+,22+,23-,24-,25-,26+,27-,28+,29+,30+,31+,32+,33-,34+,35-,36-,37-,39+/m0/s1. The Bertz CT molecular complexity index is 2030. The summed E-state index contributed by atoms with van der Waals surface area (Å²) in [5.41, 5.74) is 0. The topological polar surface area (TPSA) is 554 Å². The third kappa shape index (κ3) is 14.8. The molecule has 5 aliphatic rings. The second kappa shape index (κ2) is 26.2. The summed E-state index contributed by atoms with van der Waals surface area (Å²) in [6.45, 7) is -2.64. The van der Waals surface area contributed by atoms with Crippen LogP contribution >= 0.6 is 0 Å². The number of rotatable bonds is 21. The predicted octanol–water partition coefficient (Wildman–Crippen LogP) is -12.5. The van der Waals surface area contributed by atoms with Crippen molar-refractivity contribution in [2.24, 2.45) is 0 Å². The molecule has 5 rings (SSSR count). The van der Waals surface area contributed by atoms with Crippen LogP contribution in [0.2, 0.25) is 0 Å². The lowest BCUT2D eigenvalue weighted by Crippen LogP contribution is -2.70. The Morgan fingerprint density at radius 3 is 1.67 bits per heavy atom. The van der Waals surface area contributed by atoms with E-state index < -0.39 is 232 Å². The number of carboxylic acids is 1. The van der Waals surface area contributed by atoms with Gasteiger partial charge in [-0.25, -0.2) is 8.98 Å². The minimum Gasteiger partial charge on any atom is -0.477 e. The summed E-state index contributed by atoms with van der Waals surface area (Å²) in [5, 5.41) is 168. The fourth-order valence-electron chi connectivity index (χ4n) is 8.97. The van der Waals surface area contributed by atoms with E-state index in [-0.39, 0.29) is 0 Å². The van der Waals surface area contributed by atoms with Crippen LogP contribution in [0.5, 0.6) is 0 Å². The van der Waals surface area contributed by atoms with E-state index in [9.17, 15) is 104 Å². The summed E-state index contributed by atoms with van der Waals surface area (Å²) in [5.74, 6) is -7.56. The fourth-order valence-corrected chi connectivity index (χ4v) is 9.27. The number of hydrogen-bond acceptors (Lipinski definition) is 30. The van der Waals surface area contributed by atoms with E-state index >= 15 is 0 Å². The van der Waals surface area contributed by atoms with Gasteiger partial charge in [-0.15, -0.1) is 0 Å². The second-order valence-corrected chi connectivity index (χ2v) is 19.2. The second-order valence-electron chi connectivity index (χ2n) is 18.1. The number of hydrogen-bond donors (Lipinski definition) is 19. The first-order valence-corrected chi connectivity index (χ1v) is 24.2. The zero-order valence-corrected chi connectivity index (χ0v) is 40.6. The van der Waals surface area contributed by atoms with E-state index in [1.807, 2.05) is 0 Å². The van der Waals surface area contributed by atoms with E-state index in [2.05, 4.69) is 20.1 Å². The molecule has 75 heavy (non-hydrogen) atoms. The van der Waals surface area contributed by atoms with Crippen molar-refractivity contribution in [3.63, 3.8) is 0 Å². The molecule has 0 aromatic heterocycles. The highest BCUT2D eigenvalue weighted by Crippen LogP contribution is 2.37. The van der Waals surface area contributed by atoms with Crippen LogP contribution in [0, 0.1) is 0 Å². The first-order chi connectivity index (χ1) is 35.0. The summed E-state index contributed by atoms with van der Waals surface area (Å²) in [6, 6.07) is -5.26. The van der Waals surface area contributed by atoms with Crippen LogP contribution in [-0.4, -0.2) is 305 Å². The number of carbonyl (C=O) groups excluding carboxylic acids is 3. The lowest BCUT2D eigenvalue weighted by atomic mass is 9.88. The van der Waals surface area contributed by atoms with Gasteiger partial charge < -0.3 is 135 Å². The third-order valence-corrected chi connectivity index (χ3v) is 13.1. The minimum absolute atomic E-state index is 0.796. The normalized spacial score (nSPS) is 43.5. The molecule has 0 bridgehead atoms. The Balaban J connectivity index is 1.39. The summed E-state index contributed by atoms with van der Waals surface area (Å²) in [7, 11) is -5.13. The molecule has 19 N–H and O–H groups in total. The number of nitrogens with one attached hydrogen (secondary N) is 3. The molecule has 0 radical (unpaired) electrons. The molecule has 26 atom stereocenters. The summed E-state index contributed by atoms with van der Waals surface area (Å²) in [4.78, 5) is 49.6. The Hall–Kier alpha value is -3.17. The predicted molar refractivity (Wildman–Crippen MR) is 229 cm³/mol. The highest BCUT2D eigenvalue weighted by atomic mass is 32.3. The highest BCUT2D eigenvalue weighted by Gasteiger charge is 2.59. The SMILES string of the molecule is CC(=O)N[C@@H]1[C@@H](O[C@@H]2O[C@H](CO)[C@H](O)[C@H](O[C@@H]3O[C@H](CO)[C@@H](O[C@@H]4O[C@H](COS(=O)(=O)O)[C@H](O)[C@H](O)[C@H]4O)[C@H](O)[C@H]3NC(C)=O)[C@H]2O)[C@@H](O)[C@@H](CO[C@]2(C(=O)O)C[C@H](O)[C@@H](NC(C)=O)[C@H]([C@H](O)[C@H](O)CO)O2)O[C@H]1O. The quantitative estimate of drug-likeness (QED) is 0.0475. The molecule has 35 nitrogen and oxygen atoms in total. The lowest BCUT2D eigenvalue weighted by Gasteiger charge is -2.50. The number of amides is 3. The minimum atomic E-state index is -5.13. The lowest BCUT2D eigenvalue weighted by molar-refractivity contribution is -0.377. The van der Waals surface area contributed by atoms with Crippen LogP contribution in [0.3, 0.4) is 0 Å². The number of aliphatic carboxylic acids is 1. The van der Waals surface area contributed by atoms with Gasteiger partial charge in [0.2, 0.25) is 17.7 Å². The van der Waals surface area contributed by atoms with Gasteiger partial charge in [-0.2, -0.15) is 8.42 Å².